The first-order chi connectivity index (χ1) is 11.6. The SMILES string of the molecule is [C-]#[N+]c1ccc(Nc2nc(C)ncc2C(=O)O)cc1-n1nccn1. The van der Waals surface area contributed by atoms with Crippen LogP contribution in [0, 0.1) is 13.5 Å². The first kappa shape index (κ1) is 15.1. The fourth-order valence-corrected chi connectivity index (χ4v) is 2.05. The highest BCUT2D eigenvalue weighted by Crippen LogP contribution is 2.28. The van der Waals surface area contributed by atoms with Crippen LogP contribution in [0.2, 0.25) is 0 Å². The summed E-state index contributed by atoms with van der Waals surface area (Å²) in [5.41, 5.74) is 1.35. The minimum Gasteiger partial charge on any atom is -0.477 e. The van der Waals surface area contributed by atoms with Gasteiger partial charge < -0.3 is 10.4 Å². The Hall–Kier alpha value is -3.80. The number of nitrogens with one attached hydrogen (secondary N) is 1. The van der Waals surface area contributed by atoms with E-state index in [-0.39, 0.29) is 11.4 Å². The van der Waals surface area contributed by atoms with Gasteiger partial charge in [-0.15, -0.1) is 0 Å². The number of rotatable bonds is 4. The van der Waals surface area contributed by atoms with E-state index in [2.05, 4.69) is 30.3 Å². The van der Waals surface area contributed by atoms with Crippen LogP contribution in [0.5, 0.6) is 0 Å². The lowest BCUT2D eigenvalue weighted by Crippen LogP contribution is -2.07. The first-order valence-corrected chi connectivity index (χ1v) is 6.80. The summed E-state index contributed by atoms with van der Waals surface area (Å²) in [5.74, 6) is -0.525. The van der Waals surface area contributed by atoms with Crippen LogP contribution >= 0.6 is 0 Å². The second-order valence-corrected chi connectivity index (χ2v) is 4.74. The van der Waals surface area contributed by atoms with E-state index in [1.165, 1.54) is 23.4 Å². The third-order valence-corrected chi connectivity index (χ3v) is 3.13. The Labute approximate surface area is 136 Å². The summed E-state index contributed by atoms with van der Waals surface area (Å²) in [6.45, 7) is 8.90. The number of hydrogen-bond donors (Lipinski definition) is 2. The van der Waals surface area contributed by atoms with E-state index in [9.17, 15) is 9.90 Å². The maximum atomic E-state index is 11.3. The summed E-state index contributed by atoms with van der Waals surface area (Å²) in [6, 6.07) is 4.91. The molecular weight excluding hydrogens is 310 g/mol. The zero-order chi connectivity index (χ0) is 17.1. The maximum absolute atomic E-state index is 11.3. The Morgan fingerprint density at radius 3 is 2.75 bits per heavy atom. The van der Waals surface area contributed by atoms with E-state index in [1.807, 2.05) is 0 Å². The fourth-order valence-electron chi connectivity index (χ4n) is 2.05. The highest BCUT2D eigenvalue weighted by Gasteiger charge is 2.14. The Balaban J connectivity index is 2.03. The summed E-state index contributed by atoms with van der Waals surface area (Å²) in [4.78, 5) is 24.1. The van der Waals surface area contributed by atoms with Crippen LogP contribution in [0.15, 0.2) is 36.8 Å². The zero-order valence-corrected chi connectivity index (χ0v) is 12.5. The highest BCUT2D eigenvalue weighted by atomic mass is 16.4. The molecule has 2 heterocycles. The van der Waals surface area contributed by atoms with Crippen molar-refractivity contribution in [2.45, 2.75) is 6.92 Å². The molecule has 0 unspecified atom stereocenters. The predicted molar refractivity (Wildman–Crippen MR) is 84.6 cm³/mol. The molecule has 2 N–H and O–H groups in total. The predicted octanol–water partition coefficient (Wildman–Crippen LogP) is 2.36. The third-order valence-electron chi connectivity index (χ3n) is 3.13. The topological polar surface area (TPSA) is 110 Å². The molecule has 0 fully saturated rings. The van der Waals surface area contributed by atoms with Crippen molar-refractivity contribution >= 4 is 23.2 Å². The van der Waals surface area contributed by atoms with E-state index in [4.69, 9.17) is 6.57 Å². The Morgan fingerprint density at radius 1 is 1.33 bits per heavy atom. The maximum Gasteiger partial charge on any atom is 0.341 e. The molecule has 9 nitrogen and oxygen atoms in total. The van der Waals surface area contributed by atoms with Crippen LogP contribution < -0.4 is 5.32 Å². The van der Waals surface area contributed by atoms with E-state index in [0.29, 0.717) is 22.9 Å². The summed E-state index contributed by atoms with van der Waals surface area (Å²) >= 11 is 0. The number of anilines is 2. The normalized spacial score (nSPS) is 10.2. The molecule has 0 bridgehead atoms. The molecule has 0 radical (unpaired) electrons. The van der Waals surface area contributed by atoms with Crippen LogP contribution in [0.25, 0.3) is 10.5 Å². The monoisotopic (exact) mass is 321 g/mol. The van der Waals surface area contributed by atoms with Gasteiger partial charge >= 0.3 is 5.97 Å². The fraction of sp³-hybridized carbons (Fsp3) is 0.0667. The number of aromatic nitrogens is 5. The van der Waals surface area contributed by atoms with Gasteiger partial charge in [-0.1, -0.05) is 6.07 Å². The molecule has 0 aliphatic rings. The molecule has 0 aliphatic carbocycles. The van der Waals surface area contributed by atoms with E-state index < -0.39 is 5.97 Å². The molecule has 24 heavy (non-hydrogen) atoms. The van der Waals surface area contributed by atoms with Gasteiger partial charge in [0, 0.05) is 11.9 Å². The van der Waals surface area contributed by atoms with Crippen LogP contribution in [-0.4, -0.2) is 36.0 Å². The van der Waals surface area contributed by atoms with Crippen molar-refractivity contribution in [1.29, 1.82) is 0 Å². The van der Waals surface area contributed by atoms with E-state index in [0.717, 1.165) is 0 Å². The molecule has 1 aromatic carbocycles. The van der Waals surface area contributed by atoms with Crippen molar-refractivity contribution in [3.63, 3.8) is 0 Å². The molecule has 0 saturated heterocycles. The van der Waals surface area contributed by atoms with Gasteiger partial charge in [0.05, 0.1) is 24.7 Å². The number of carbonyl (C=O) groups is 1. The summed E-state index contributed by atoms with van der Waals surface area (Å²) in [7, 11) is 0. The number of carboxylic acid groups (broad SMARTS) is 1. The van der Waals surface area contributed by atoms with Gasteiger partial charge in [-0.3, -0.25) is 0 Å². The molecule has 2 aromatic heterocycles. The molecule has 3 rings (SSSR count). The van der Waals surface area contributed by atoms with Gasteiger partial charge in [-0.25, -0.2) is 19.6 Å². The van der Waals surface area contributed by atoms with Crippen molar-refractivity contribution in [3.8, 4) is 5.69 Å². The number of nitrogens with zero attached hydrogens (tertiary/aromatic N) is 6. The van der Waals surface area contributed by atoms with Crippen molar-refractivity contribution < 1.29 is 9.90 Å². The van der Waals surface area contributed by atoms with Gasteiger partial charge in [0.2, 0.25) is 5.69 Å². The minimum atomic E-state index is -1.13. The molecule has 9 heteroatoms. The second-order valence-electron chi connectivity index (χ2n) is 4.74. The lowest BCUT2D eigenvalue weighted by atomic mass is 10.2. The van der Waals surface area contributed by atoms with Gasteiger partial charge in [-0.05, 0) is 19.1 Å². The lowest BCUT2D eigenvalue weighted by Gasteiger charge is -2.11. The largest absolute Gasteiger partial charge is 0.477 e. The lowest BCUT2D eigenvalue weighted by molar-refractivity contribution is 0.0697. The van der Waals surface area contributed by atoms with Crippen LogP contribution in [-0.2, 0) is 0 Å². The van der Waals surface area contributed by atoms with Crippen LogP contribution in [0.1, 0.15) is 16.2 Å². The Morgan fingerprint density at radius 2 is 2.08 bits per heavy atom. The third kappa shape index (κ3) is 2.89. The standard InChI is InChI=1S/C15H11N7O2/c1-9-17-8-11(15(23)24)14(20-9)21-10-3-4-12(16-2)13(7-10)22-18-5-6-19-22/h3-8H,1H3,(H,23,24)(H,17,20,21). The molecular formula is C15H11N7O2. The molecule has 118 valence electrons. The van der Waals surface area contributed by atoms with Gasteiger partial charge in [0.25, 0.3) is 0 Å². The molecule has 0 atom stereocenters. The Kier molecular flexibility index (Phi) is 3.86. The van der Waals surface area contributed by atoms with Crippen molar-refractivity contribution in [2.75, 3.05) is 5.32 Å². The number of benzene rings is 1. The van der Waals surface area contributed by atoms with Gasteiger partial charge in [-0.2, -0.15) is 15.0 Å². The van der Waals surface area contributed by atoms with Crippen molar-refractivity contribution in [3.05, 3.63) is 59.6 Å². The van der Waals surface area contributed by atoms with Gasteiger partial charge in [0.15, 0.2) is 0 Å². The molecule has 0 saturated carbocycles. The summed E-state index contributed by atoms with van der Waals surface area (Å²) < 4.78 is 0. The number of hydrogen-bond acceptors (Lipinski definition) is 6. The number of carboxylic acids is 1. The quantitative estimate of drug-likeness (QED) is 0.710. The highest BCUT2D eigenvalue weighted by molar-refractivity contribution is 5.93. The molecule has 0 spiro atoms. The van der Waals surface area contributed by atoms with Gasteiger partial charge in [0.1, 0.15) is 17.2 Å². The average Bonchev–Trinajstić information content (AvgIpc) is 3.09. The molecule has 3 aromatic rings. The average molecular weight is 321 g/mol. The van der Waals surface area contributed by atoms with Crippen molar-refractivity contribution in [2.24, 2.45) is 0 Å². The molecule has 0 amide bonds. The number of aryl methyl sites for hydroxylation is 1. The second kappa shape index (κ2) is 6.13. The summed E-state index contributed by atoms with van der Waals surface area (Å²) in [5, 5.41) is 20.2. The zero-order valence-electron chi connectivity index (χ0n) is 12.5. The Bertz CT molecular complexity index is 945. The first-order valence-electron chi connectivity index (χ1n) is 6.80. The minimum absolute atomic E-state index is 0.0476. The van der Waals surface area contributed by atoms with Crippen LogP contribution in [0.3, 0.4) is 0 Å². The smallest absolute Gasteiger partial charge is 0.341 e. The summed E-state index contributed by atoms with van der Waals surface area (Å²) in [6.07, 6.45) is 4.25. The van der Waals surface area contributed by atoms with Crippen molar-refractivity contribution in [1.82, 2.24) is 25.0 Å². The van der Waals surface area contributed by atoms with E-state index in [1.54, 1.807) is 25.1 Å². The number of aromatic carboxylic acids is 1. The molecule has 0 aliphatic heterocycles. The van der Waals surface area contributed by atoms with E-state index >= 15 is 0 Å². The van der Waals surface area contributed by atoms with Crippen LogP contribution in [0.4, 0.5) is 17.2 Å².